The number of ether oxygens (including phenoxy) is 2. The molecule has 1 atom stereocenters. The van der Waals surface area contributed by atoms with Crippen molar-refractivity contribution in [2.24, 2.45) is 5.41 Å². The number of fused-ring (bicyclic) bond motifs is 1. The molecule has 0 aliphatic carbocycles. The van der Waals surface area contributed by atoms with Crippen LogP contribution in [0.2, 0.25) is 5.02 Å². The summed E-state index contributed by atoms with van der Waals surface area (Å²) in [5.41, 5.74) is 0.170. The minimum atomic E-state index is -0.389. The molecule has 0 saturated carbocycles. The van der Waals surface area contributed by atoms with E-state index in [0.29, 0.717) is 28.8 Å². The topological polar surface area (TPSA) is 59.6 Å². The summed E-state index contributed by atoms with van der Waals surface area (Å²) in [6, 6.07) is 3.36. The Morgan fingerprint density at radius 3 is 2.84 bits per heavy atom. The molecular formula is C13H15ClN2O3. The molecule has 1 aromatic rings. The number of hydrogen-bond acceptors (Lipinski definition) is 4. The molecule has 6 heteroatoms. The Kier molecular flexibility index (Phi) is 3.03. The standard InChI is InChI=1S/C13H15ClN2O3/c1-13(2-3-15-6-13)12(17)16-9-5-11-10(4-8(9)14)18-7-19-11/h4-5,15H,2-3,6-7H2,1H3,(H,16,17). The van der Waals surface area contributed by atoms with Crippen molar-refractivity contribution in [3.8, 4) is 11.5 Å². The van der Waals surface area contributed by atoms with E-state index in [4.69, 9.17) is 21.1 Å². The smallest absolute Gasteiger partial charge is 0.231 e. The zero-order valence-corrected chi connectivity index (χ0v) is 11.3. The van der Waals surface area contributed by atoms with Crippen molar-refractivity contribution in [3.05, 3.63) is 17.2 Å². The van der Waals surface area contributed by atoms with Gasteiger partial charge in [0.1, 0.15) is 0 Å². The van der Waals surface area contributed by atoms with Crippen LogP contribution in [0, 0.1) is 5.41 Å². The molecule has 0 bridgehead atoms. The van der Waals surface area contributed by atoms with E-state index >= 15 is 0 Å². The fraction of sp³-hybridized carbons (Fsp3) is 0.462. The van der Waals surface area contributed by atoms with Gasteiger partial charge >= 0.3 is 0 Å². The van der Waals surface area contributed by atoms with Crippen molar-refractivity contribution in [2.75, 3.05) is 25.2 Å². The fourth-order valence-corrected chi connectivity index (χ4v) is 2.50. The summed E-state index contributed by atoms with van der Waals surface area (Å²) in [7, 11) is 0. The van der Waals surface area contributed by atoms with Crippen LogP contribution >= 0.6 is 11.6 Å². The van der Waals surface area contributed by atoms with Crippen molar-refractivity contribution >= 4 is 23.2 Å². The molecule has 102 valence electrons. The average Bonchev–Trinajstić information content (AvgIpc) is 2.99. The first-order valence-corrected chi connectivity index (χ1v) is 6.58. The summed E-state index contributed by atoms with van der Waals surface area (Å²) in [6.45, 7) is 3.67. The molecule has 0 aromatic heterocycles. The van der Waals surface area contributed by atoms with Crippen LogP contribution in [-0.2, 0) is 4.79 Å². The largest absolute Gasteiger partial charge is 0.454 e. The van der Waals surface area contributed by atoms with Gasteiger partial charge in [0.2, 0.25) is 12.7 Å². The van der Waals surface area contributed by atoms with Crippen LogP contribution in [0.15, 0.2) is 12.1 Å². The minimum absolute atomic E-state index is 0.0294. The molecule has 5 nitrogen and oxygen atoms in total. The van der Waals surface area contributed by atoms with Crippen LogP contribution in [0.4, 0.5) is 5.69 Å². The van der Waals surface area contributed by atoms with Crippen LogP contribution in [0.3, 0.4) is 0 Å². The summed E-state index contributed by atoms with van der Waals surface area (Å²) in [4.78, 5) is 12.3. The summed E-state index contributed by atoms with van der Waals surface area (Å²) in [5.74, 6) is 1.18. The summed E-state index contributed by atoms with van der Waals surface area (Å²) >= 11 is 6.14. The lowest BCUT2D eigenvalue weighted by Crippen LogP contribution is -2.35. The molecule has 2 N–H and O–H groups in total. The highest BCUT2D eigenvalue weighted by Crippen LogP contribution is 2.40. The van der Waals surface area contributed by atoms with E-state index in [1.165, 1.54) is 0 Å². The maximum Gasteiger partial charge on any atom is 0.231 e. The molecule has 1 fully saturated rings. The Bertz CT molecular complexity index is 527. The number of carbonyl (C=O) groups excluding carboxylic acids is 1. The van der Waals surface area contributed by atoms with Gasteiger partial charge < -0.3 is 20.1 Å². The van der Waals surface area contributed by atoms with Crippen LogP contribution in [0.25, 0.3) is 0 Å². The van der Waals surface area contributed by atoms with Crippen molar-refractivity contribution in [1.29, 1.82) is 0 Å². The van der Waals surface area contributed by atoms with Crippen LogP contribution in [-0.4, -0.2) is 25.8 Å². The van der Waals surface area contributed by atoms with E-state index in [9.17, 15) is 4.79 Å². The van der Waals surface area contributed by atoms with Crippen molar-refractivity contribution in [1.82, 2.24) is 5.32 Å². The minimum Gasteiger partial charge on any atom is -0.454 e. The number of hydrogen-bond donors (Lipinski definition) is 2. The third-order valence-electron chi connectivity index (χ3n) is 3.63. The molecule has 0 spiro atoms. The van der Waals surface area contributed by atoms with E-state index in [0.717, 1.165) is 13.0 Å². The van der Waals surface area contributed by atoms with Gasteiger partial charge in [-0.15, -0.1) is 0 Å². The second kappa shape index (κ2) is 4.58. The molecule has 2 heterocycles. The van der Waals surface area contributed by atoms with Crippen LogP contribution in [0.1, 0.15) is 13.3 Å². The van der Waals surface area contributed by atoms with Gasteiger partial charge in [-0.3, -0.25) is 4.79 Å². The molecule has 3 rings (SSSR count). The molecule has 0 radical (unpaired) electrons. The maximum absolute atomic E-state index is 12.3. The molecule has 1 amide bonds. The third-order valence-corrected chi connectivity index (χ3v) is 3.94. The summed E-state index contributed by atoms with van der Waals surface area (Å²) in [5, 5.41) is 6.52. The van der Waals surface area contributed by atoms with Gasteiger partial charge in [0.15, 0.2) is 11.5 Å². The van der Waals surface area contributed by atoms with Gasteiger partial charge in [0.25, 0.3) is 0 Å². The second-order valence-corrected chi connectivity index (χ2v) is 5.53. The number of carbonyl (C=O) groups is 1. The zero-order chi connectivity index (χ0) is 13.5. The SMILES string of the molecule is CC1(C(=O)Nc2cc3c(cc2Cl)OCO3)CCNC1. The first kappa shape index (κ1) is 12.6. The highest BCUT2D eigenvalue weighted by molar-refractivity contribution is 6.34. The lowest BCUT2D eigenvalue weighted by molar-refractivity contribution is -0.123. The lowest BCUT2D eigenvalue weighted by atomic mass is 9.89. The lowest BCUT2D eigenvalue weighted by Gasteiger charge is -2.22. The van der Waals surface area contributed by atoms with E-state index < -0.39 is 0 Å². The highest BCUT2D eigenvalue weighted by Gasteiger charge is 2.36. The Balaban J connectivity index is 1.82. The maximum atomic E-state index is 12.3. The summed E-state index contributed by atoms with van der Waals surface area (Å²) < 4.78 is 10.5. The third kappa shape index (κ3) is 2.24. The second-order valence-electron chi connectivity index (χ2n) is 5.13. The highest BCUT2D eigenvalue weighted by atomic mass is 35.5. The Morgan fingerprint density at radius 2 is 2.16 bits per heavy atom. The van der Waals surface area contributed by atoms with Crippen molar-refractivity contribution < 1.29 is 14.3 Å². The molecule has 2 aliphatic heterocycles. The van der Waals surface area contributed by atoms with E-state index in [2.05, 4.69) is 10.6 Å². The number of anilines is 1. The number of benzene rings is 1. The van der Waals surface area contributed by atoms with Gasteiger partial charge in [-0.05, 0) is 19.9 Å². The van der Waals surface area contributed by atoms with Gasteiger partial charge in [-0.2, -0.15) is 0 Å². The molecule has 1 unspecified atom stereocenters. The zero-order valence-electron chi connectivity index (χ0n) is 10.6. The normalized spacial score (nSPS) is 24.5. The van der Waals surface area contributed by atoms with Crippen molar-refractivity contribution in [3.63, 3.8) is 0 Å². The number of rotatable bonds is 2. The first-order chi connectivity index (χ1) is 9.08. The van der Waals surface area contributed by atoms with E-state index in [1.807, 2.05) is 6.92 Å². The number of nitrogens with one attached hydrogen (secondary N) is 2. The van der Waals surface area contributed by atoms with Gasteiger partial charge in [-0.1, -0.05) is 11.6 Å². The summed E-state index contributed by atoms with van der Waals surface area (Å²) in [6.07, 6.45) is 0.820. The van der Waals surface area contributed by atoms with Crippen LogP contribution < -0.4 is 20.1 Å². The van der Waals surface area contributed by atoms with Gasteiger partial charge in [0, 0.05) is 18.7 Å². The Hall–Kier alpha value is -1.46. The number of halogens is 1. The average molecular weight is 283 g/mol. The molecular weight excluding hydrogens is 268 g/mol. The fourth-order valence-electron chi connectivity index (χ4n) is 2.30. The van der Waals surface area contributed by atoms with Crippen molar-refractivity contribution in [2.45, 2.75) is 13.3 Å². The van der Waals surface area contributed by atoms with Crippen LogP contribution in [0.5, 0.6) is 11.5 Å². The Labute approximate surface area is 116 Å². The van der Waals surface area contributed by atoms with Gasteiger partial charge in [-0.25, -0.2) is 0 Å². The molecule has 2 aliphatic rings. The molecule has 1 saturated heterocycles. The monoisotopic (exact) mass is 282 g/mol. The Morgan fingerprint density at radius 1 is 1.42 bits per heavy atom. The molecule has 1 aromatic carbocycles. The number of amides is 1. The van der Waals surface area contributed by atoms with Gasteiger partial charge in [0.05, 0.1) is 16.1 Å². The van der Waals surface area contributed by atoms with E-state index in [1.54, 1.807) is 12.1 Å². The first-order valence-electron chi connectivity index (χ1n) is 6.20. The predicted octanol–water partition coefficient (Wildman–Crippen LogP) is 2.01. The molecule has 19 heavy (non-hydrogen) atoms. The quantitative estimate of drug-likeness (QED) is 0.871. The van der Waals surface area contributed by atoms with E-state index in [-0.39, 0.29) is 18.1 Å². The predicted molar refractivity (Wildman–Crippen MR) is 71.8 cm³/mol.